The highest BCUT2D eigenvalue weighted by Crippen LogP contribution is 2.32. The number of halogens is 3. The molecule has 1 atom stereocenters. The molecule has 1 aromatic heterocycles. The van der Waals surface area contributed by atoms with Crippen LogP contribution in [0.3, 0.4) is 0 Å². The van der Waals surface area contributed by atoms with Gasteiger partial charge in [0.2, 0.25) is 0 Å². The summed E-state index contributed by atoms with van der Waals surface area (Å²) in [7, 11) is 0. The standard InChI is InChI=1S/C11H16Br2N2OS.ClH/c1-6(2)11(3,5-14)15-10(16)7-4-8(12)17-9(7)13;/h4,6H,5,14H2,1-3H3,(H,15,16);1H. The minimum Gasteiger partial charge on any atom is -0.345 e. The van der Waals surface area contributed by atoms with Crippen LogP contribution in [0.1, 0.15) is 31.1 Å². The molecule has 1 amide bonds. The van der Waals surface area contributed by atoms with Gasteiger partial charge in [-0.1, -0.05) is 13.8 Å². The van der Waals surface area contributed by atoms with E-state index in [-0.39, 0.29) is 29.8 Å². The van der Waals surface area contributed by atoms with Crippen molar-refractivity contribution in [2.75, 3.05) is 6.54 Å². The van der Waals surface area contributed by atoms with Crippen LogP contribution in [0.25, 0.3) is 0 Å². The summed E-state index contributed by atoms with van der Waals surface area (Å²) in [6.45, 7) is 6.47. The van der Waals surface area contributed by atoms with Crippen LogP contribution in [0.5, 0.6) is 0 Å². The van der Waals surface area contributed by atoms with Crippen molar-refractivity contribution in [1.29, 1.82) is 0 Å². The van der Waals surface area contributed by atoms with Crippen LogP contribution in [-0.4, -0.2) is 18.0 Å². The van der Waals surface area contributed by atoms with Crippen molar-refractivity contribution in [2.24, 2.45) is 11.7 Å². The third kappa shape index (κ3) is 4.20. The van der Waals surface area contributed by atoms with E-state index in [1.807, 2.05) is 20.8 Å². The molecule has 0 aliphatic carbocycles. The van der Waals surface area contributed by atoms with Gasteiger partial charge in [-0.15, -0.1) is 23.7 Å². The molecule has 0 bridgehead atoms. The minimum atomic E-state index is -0.384. The van der Waals surface area contributed by atoms with Crippen LogP contribution in [0.15, 0.2) is 13.6 Å². The zero-order chi connectivity index (χ0) is 13.2. The first kappa shape index (κ1) is 18.4. The normalized spacial score (nSPS) is 13.9. The summed E-state index contributed by atoms with van der Waals surface area (Å²) in [6.07, 6.45) is 0. The van der Waals surface area contributed by atoms with Gasteiger partial charge in [-0.05, 0) is 50.8 Å². The number of nitrogens with two attached hydrogens (primary N) is 1. The van der Waals surface area contributed by atoms with Gasteiger partial charge in [0, 0.05) is 6.54 Å². The van der Waals surface area contributed by atoms with Crippen molar-refractivity contribution in [1.82, 2.24) is 5.32 Å². The molecule has 1 rings (SSSR count). The van der Waals surface area contributed by atoms with Crippen molar-refractivity contribution in [2.45, 2.75) is 26.3 Å². The van der Waals surface area contributed by atoms with Crippen molar-refractivity contribution in [3.8, 4) is 0 Å². The number of carbonyl (C=O) groups excluding carboxylic acids is 1. The average Bonchev–Trinajstić information content (AvgIpc) is 2.57. The van der Waals surface area contributed by atoms with E-state index in [1.165, 1.54) is 11.3 Å². The molecule has 0 saturated heterocycles. The molecule has 3 N–H and O–H groups in total. The molecule has 0 aromatic carbocycles. The Balaban J connectivity index is 0.00000289. The molecule has 0 spiro atoms. The van der Waals surface area contributed by atoms with Gasteiger partial charge >= 0.3 is 0 Å². The number of hydrogen-bond donors (Lipinski definition) is 2. The van der Waals surface area contributed by atoms with E-state index in [1.54, 1.807) is 6.07 Å². The van der Waals surface area contributed by atoms with Crippen molar-refractivity contribution in [3.05, 3.63) is 19.2 Å². The Kier molecular flexibility index (Phi) is 7.39. The highest BCUT2D eigenvalue weighted by atomic mass is 79.9. The van der Waals surface area contributed by atoms with Gasteiger partial charge in [0.15, 0.2) is 0 Å². The second-order valence-electron chi connectivity index (χ2n) is 4.47. The Morgan fingerprint density at radius 2 is 2.11 bits per heavy atom. The molecule has 18 heavy (non-hydrogen) atoms. The zero-order valence-corrected chi connectivity index (χ0v) is 15.2. The lowest BCUT2D eigenvalue weighted by molar-refractivity contribution is 0.0883. The zero-order valence-electron chi connectivity index (χ0n) is 10.4. The Morgan fingerprint density at radius 1 is 1.56 bits per heavy atom. The van der Waals surface area contributed by atoms with Crippen LogP contribution in [0, 0.1) is 5.92 Å². The topological polar surface area (TPSA) is 55.1 Å². The molecule has 0 aliphatic heterocycles. The lowest BCUT2D eigenvalue weighted by Gasteiger charge is -2.33. The smallest absolute Gasteiger partial charge is 0.253 e. The number of hydrogen-bond acceptors (Lipinski definition) is 3. The SMILES string of the molecule is CC(C)C(C)(CN)NC(=O)c1cc(Br)sc1Br.Cl. The predicted molar refractivity (Wildman–Crippen MR) is 86.7 cm³/mol. The number of carbonyl (C=O) groups is 1. The molecule has 0 radical (unpaired) electrons. The number of nitrogens with one attached hydrogen (secondary N) is 1. The fourth-order valence-electron chi connectivity index (χ4n) is 1.25. The van der Waals surface area contributed by atoms with Gasteiger partial charge in [0.1, 0.15) is 0 Å². The maximum absolute atomic E-state index is 12.1. The number of amides is 1. The summed E-state index contributed by atoms with van der Waals surface area (Å²) < 4.78 is 1.75. The second kappa shape index (κ2) is 7.24. The van der Waals surface area contributed by atoms with E-state index in [0.29, 0.717) is 12.1 Å². The maximum Gasteiger partial charge on any atom is 0.253 e. The van der Waals surface area contributed by atoms with E-state index >= 15 is 0 Å². The summed E-state index contributed by atoms with van der Waals surface area (Å²) in [5.74, 6) is 0.178. The lowest BCUT2D eigenvalue weighted by Crippen LogP contribution is -2.55. The molecular formula is C11H17Br2ClN2OS. The molecule has 0 saturated carbocycles. The van der Waals surface area contributed by atoms with Crippen molar-refractivity contribution in [3.63, 3.8) is 0 Å². The highest BCUT2D eigenvalue weighted by molar-refractivity contribution is 9.12. The summed E-state index contributed by atoms with van der Waals surface area (Å²) in [6, 6.07) is 1.81. The quantitative estimate of drug-likeness (QED) is 0.779. The third-order valence-corrected chi connectivity index (χ3v) is 5.34. The molecule has 104 valence electrons. The van der Waals surface area contributed by atoms with Crippen LogP contribution in [-0.2, 0) is 0 Å². The molecule has 0 aliphatic rings. The first-order valence-corrected chi connectivity index (χ1v) is 7.68. The summed E-state index contributed by atoms with van der Waals surface area (Å²) >= 11 is 8.22. The fourth-order valence-corrected chi connectivity index (χ4v) is 4.05. The van der Waals surface area contributed by atoms with Gasteiger partial charge in [-0.3, -0.25) is 4.79 Å². The van der Waals surface area contributed by atoms with Gasteiger partial charge in [-0.25, -0.2) is 0 Å². The van der Waals surface area contributed by atoms with Gasteiger partial charge in [-0.2, -0.15) is 0 Å². The van der Waals surface area contributed by atoms with E-state index < -0.39 is 0 Å². The average molecular weight is 421 g/mol. The van der Waals surface area contributed by atoms with E-state index in [9.17, 15) is 4.79 Å². The summed E-state index contributed by atoms with van der Waals surface area (Å²) in [5, 5.41) is 3.00. The molecule has 7 heteroatoms. The molecule has 1 aromatic rings. The van der Waals surface area contributed by atoms with Crippen molar-refractivity contribution >= 4 is 61.5 Å². The Labute approximate surface area is 135 Å². The van der Waals surface area contributed by atoms with E-state index in [0.717, 1.165) is 7.57 Å². The Bertz CT molecular complexity index is 425. The monoisotopic (exact) mass is 418 g/mol. The number of thiophene rings is 1. The Morgan fingerprint density at radius 3 is 2.44 bits per heavy atom. The van der Waals surface area contributed by atoms with E-state index in [2.05, 4.69) is 37.2 Å². The molecule has 1 heterocycles. The molecule has 1 unspecified atom stereocenters. The first-order valence-electron chi connectivity index (χ1n) is 5.27. The van der Waals surface area contributed by atoms with Gasteiger partial charge in [0.25, 0.3) is 5.91 Å². The second-order valence-corrected chi connectivity index (χ2v) is 8.22. The minimum absolute atomic E-state index is 0. The van der Waals surface area contributed by atoms with Gasteiger partial charge < -0.3 is 11.1 Å². The summed E-state index contributed by atoms with van der Waals surface area (Å²) in [5.41, 5.74) is 6.00. The molecular weight excluding hydrogens is 403 g/mol. The van der Waals surface area contributed by atoms with Crippen LogP contribution >= 0.6 is 55.6 Å². The number of rotatable bonds is 4. The van der Waals surface area contributed by atoms with Crippen molar-refractivity contribution < 1.29 is 4.79 Å². The predicted octanol–water partition coefficient (Wildman–Crippen LogP) is 3.80. The highest BCUT2D eigenvalue weighted by Gasteiger charge is 2.29. The first-order chi connectivity index (χ1) is 7.80. The lowest BCUT2D eigenvalue weighted by atomic mass is 9.88. The molecule has 3 nitrogen and oxygen atoms in total. The third-order valence-electron chi connectivity index (χ3n) is 3.00. The largest absolute Gasteiger partial charge is 0.345 e. The fraction of sp³-hybridized carbons (Fsp3) is 0.545. The van der Waals surface area contributed by atoms with Crippen LogP contribution in [0.2, 0.25) is 0 Å². The van der Waals surface area contributed by atoms with Crippen LogP contribution < -0.4 is 11.1 Å². The van der Waals surface area contributed by atoms with E-state index in [4.69, 9.17) is 5.73 Å². The van der Waals surface area contributed by atoms with Gasteiger partial charge in [0.05, 0.1) is 18.7 Å². The van der Waals surface area contributed by atoms with Crippen LogP contribution in [0.4, 0.5) is 0 Å². The Hall–Kier alpha value is 0.380. The maximum atomic E-state index is 12.1. The summed E-state index contributed by atoms with van der Waals surface area (Å²) in [4.78, 5) is 12.1. The molecule has 0 fully saturated rings.